The molecule has 1 atom stereocenters. The second kappa shape index (κ2) is 8.44. The van der Waals surface area contributed by atoms with Crippen LogP contribution in [0.1, 0.15) is 60.5 Å². The number of nitro benzene ring substituents is 1. The topological polar surface area (TPSA) is 105 Å². The summed E-state index contributed by atoms with van der Waals surface area (Å²) in [5, 5.41) is 24.3. The number of nitro groups is 1. The van der Waals surface area contributed by atoms with E-state index in [1.807, 2.05) is 0 Å². The van der Waals surface area contributed by atoms with Gasteiger partial charge in [0.15, 0.2) is 5.75 Å². The van der Waals surface area contributed by atoms with Gasteiger partial charge in [0, 0.05) is 16.5 Å². The minimum absolute atomic E-state index is 0.122. The van der Waals surface area contributed by atoms with Crippen LogP contribution in [0.2, 0.25) is 0 Å². The zero-order valence-corrected chi connectivity index (χ0v) is 18.4. The van der Waals surface area contributed by atoms with Gasteiger partial charge in [0.25, 0.3) is 5.91 Å². The number of benzene rings is 1. The predicted octanol–water partition coefficient (Wildman–Crippen LogP) is 5.33. The van der Waals surface area contributed by atoms with Crippen molar-refractivity contribution in [3.8, 4) is 11.8 Å². The van der Waals surface area contributed by atoms with Crippen LogP contribution in [0.5, 0.6) is 5.75 Å². The summed E-state index contributed by atoms with van der Waals surface area (Å²) < 4.78 is 5.27. The molecular weight excluding hydrogens is 402 g/mol. The van der Waals surface area contributed by atoms with Crippen LogP contribution in [-0.2, 0) is 12.8 Å². The number of rotatable bonds is 5. The summed E-state index contributed by atoms with van der Waals surface area (Å²) in [5.74, 6) is 0.160. The first kappa shape index (κ1) is 21.8. The van der Waals surface area contributed by atoms with E-state index < -0.39 is 10.8 Å². The first-order chi connectivity index (χ1) is 14.2. The summed E-state index contributed by atoms with van der Waals surface area (Å²) >= 11 is 1.44. The van der Waals surface area contributed by atoms with Crippen LogP contribution in [0.25, 0.3) is 0 Å². The zero-order valence-electron chi connectivity index (χ0n) is 17.6. The Morgan fingerprint density at radius 1 is 1.43 bits per heavy atom. The normalized spacial score (nSPS) is 15.8. The Bertz CT molecular complexity index is 1030. The molecular formula is C22H25N3O4S. The van der Waals surface area contributed by atoms with Gasteiger partial charge in [-0.2, -0.15) is 5.26 Å². The molecule has 3 rings (SSSR count). The number of nitriles is 1. The number of carbonyl (C=O) groups excluding carboxylic acids is 1. The van der Waals surface area contributed by atoms with Crippen LogP contribution in [0, 0.1) is 32.8 Å². The van der Waals surface area contributed by atoms with Crippen LogP contribution < -0.4 is 10.1 Å². The van der Waals surface area contributed by atoms with Gasteiger partial charge < -0.3 is 10.1 Å². The molecule has 2 aromatic rings. The second-order valence-electron chi connectivity index (χ2n) is 8.45. The van der Waals surface area contributed by atoms with Crippen molar-refractivity contribution in [2.24, 2.45) is 11.3 Å². The lowest BCUT2D eigenvalue weighted by Gasteiger charge is -2.33. The van der Waals surface area contributed by atoms with Crippen LogP contribution >= 0.6 is 11.3 Å². The van der Waals surface area contributed by atoms with E-state index in [4.69, 9.17) is 4.74 Å². The first-order valence-electron chi connectivity index (χ1n) is 9.92. The molecule has 0 saturated heterocycles. The highest BCUT2D eigenvalue weighted by Crippen LogP contribution is 2.44. The number of anilines is 1. The fraction of sp³-hybridized carbons (Fsp3) is 0.455. The van der Waals surface area contributed by atoms with Gasteiger partial charge in [0.2, 0.25) is 0 Å². The van der Waals surface area contributed by atoms with Gasteiger partial charge in [-0.1, -0.05) is 20.8 Å². The molecule has 1 N–H and O–H groups in total. The number of ether oxygens (including phenoxy) is 1. The Hall–Kier alpha value is -2.92. The van der Waals surface area contributed by atoms with E-state index in [0.717, 1.165) is 29.7 Å². The van der Waals surface area contributed by atoms with Gasteiger partial charge in [0.1, 0.15) is 11.1 Å². The van der Waals surface area contributed by atoms with Crippen molar-refractivity contribution in [3.05, 3.63) is 49.9 Å². The Kier molecular flexibility index (Phi) is 6.13. The number of carbonyl (C=O) groups is 1. The number of hydrogen-bond donors (Lipinski definition) is 1. The number of hydrogen-bond acceptors (Lipinski definition) is 6. The molecule has 1 aliphatic rings. The van der Waals surface area contributed by atoms with E-state index in [-0.39, 0.29) is 29.0 Å². The summed E-state index contributed by atoms with van der Waals surface area (Å²) in [7, 11) is 0. The van der Waals surface area contributed by atoms with E-state index in [1.165, 1.54) is 29.5 Å². The van der Waals surface area contributed by atoms with Crippen LogP contribution in [0.3, 0.4) is 0 Å². The van der Waals surface area contributed by atoms with Gasteiger partial charge >= 0.3 is 5.69 Å². The van der Waals surface area contributed by atoms with E-state index in [2.05, 4.69) is 32.2 Å². The van der Waals surface area contributed by atoms with Gasteiger partial charge in [-0.25, -0.2) is 0 Å². The Morgan fingerprint density at radius 2 is 2.17 bits per heavy atom. The molecule has 0 fully saturated rings. The monoisotopic (exact) mass is 427 g/mol. The van der Waals surface area contributed by atoms with Gasteiger partial charge in [-0.15, -0.1) is 11.3 Å². The molecule has 1 heterocycles. The third-order valence-electron chi connectivity index (χ3n) is 5.55. The molecule has 0 spiro atoms. The van der Waals surface area contributed by atoms with Crippen LogP contribution in [0.15, 0.2) is 18.2 Å². The van der Waals surface area contributed by atoms with E-state index in [9.17, 15) is 20.2 Å². The summed E-state index contributed by atoms with van der Waals surface area (Å²) in [6.07, 6.45) is 2.73. The first-order valence-corrected chi connectivity index (χ1v) is 10.7. The molecule has 30 heavy (non-hydrogen) atoms. The van der Waals surface area contributed by atoms with Crippen molar-refractivity contribution >= 4 is 27.9 Å². The largest absolute Gasteiger partial charge is 0.487 e. The molecule has 158 valence electrons. The third-order valence-corrected chi connectivity index (χ3v) is 6.72. The maximum absolute atomic E-state index is 12.8. The molecule has 0 radical (unpaired) electrons. The van der Waals surface area contributed by atoms with E-state index in [0.29, 0.717) is 16.5 Å². The summed E-state index contributed by atoms with van der Waals surface area (Å²) in [4.78, 5) is 24.7. The summed E-state index contributed by atoms with van der Waals surface area (Å²) in [6, 6.07) is 6.36. The Balaban J connectivity index is 1.88. The predicted molar refractivity (Wildman–Crippen MR) is 116 cm³/mol. The van der Waals surface area contributed by atoms with Crippen molar-refractivity contribution in [3.63, 3.8) is 0 Å². The highest BCUT2D eigenvalue weighted by molar-refractivity contribution is 7.16. The van der Waals surface area contributed by atoms with Crippen LogP contribution in [-0.4, -0.2) is 17.4 Å². The molecule has 1 amide bonds. The average Bonchev–Trinajstić information content (AvgIpc) is 3.03. The Labute approximate surface area is 179 Å². The molecule has 1 aromatic carbocycles. The molecule has 7 nitrogen and oxygen atoms in total. The molecule has 8 heteroatoms. The zero-order chi connectivity index (χ0) is 22.1. The highest BCUT2D eigenvalue weighted by Gasteiger charge is 2.32. The van der Waals surface area contributed by atoms with E-state index in [1.54, 1.807) is 6.92 Å². The maximum atomic E-state index is 12.8. The third kappa shape index (κ3) is 4.31. The fourth-order valence-corrected chi connectivity index (χ4v) is 5.06. The van der Waals surface area contributed by atoms with Crippen molar-refractivity contribution in [1.82, 2.24) is 0 Å². The summed E-state index contributed by atoms with van der Waals surface area (Å²) in [5.41, 5.74) is 1.60. The van der Waals surface area contributed by atoms with Crippen molar-refractivity contribution in [2.45, 2.75) is 47.0 Å². The second-order valence-corrected chi connectivity index (χ2v) is 9.56. The minimum Gasteiger partial charge on any atom is -0.487 e. The van der Waals surface area contributed by atoms with E-state index >= 15 is 0 Å². The lowest BCUT2D eigenvalue weighted by molar-refractivity contribution is -0.385. The van der Waals surface area contributed by atoms with Gasteiger partial charge in [-0.05, 0) is 55.2 Å². The van der Waals surface area contributed by atoms with Gasteiger partial charge in [-0.3, -0.25) is 14.9 Å². The number of thiophene rings is 1. The molecule has 0 saturated carbocycles. The smallest absolute Gasteiger partial charge is 0.311 e. The molecule has 0 aliphatic heterocycles. The number of amides is 1. The molecule has 1 aromatic heterocycles. The fourth-order valence-electron chi connectivity index (χ4n) is 3.79. The Morgan fingerprint density at radius 3 is 2.77 bits per heavy atom. The lowest BCUT2D eigenvalue weighted by Crippen LogP contribution is -2.26. The quantitative estimate of drug-likeness (QED) is 0.513. The molecule has 1 aliphatic carbocycles. The van der Waals surface area contributed by atoms with Crippen molar-refractivity contribution in [2.75, 3.05) is 11.9 Å². The SMILES string of the molecule is CCOc1ccc(C(=O)Nc2sc3c(c2C#N)CCC(C(C)(C)C)C3)cc1[N+](=O)[O-]. The number of fused-ring (bicyclic) bond motifs is 1. The molecule has 0 bridgehead atoms. The number of nitrogens with zero attached hydrogens (tertiary/aromatic N) is 2. The standard InChI is InChI=1S/C22H25N3O4S/c1-5-29-18-9-6-13(10-17(18)25(27)28)20(26)24-21-16(12-23)15-8-7-14(22(2,3)4)11-19(15)30-21/h6,9-10,14H,5,7-8,11H2,1-4H3,(H,24,26). The number of nitrogens with one attached hydrogen (secondary N) is 1. The minimum atomic E-state index is -0.570. The van der Waals surface area contributed by atoms with Gasteiger partial charge in [0.05, 0.1) is 17.1 Å². The summed E-state index contributed by atoms with van der Waals surface area (Å²) in [6.45, 7) is 8.69. The lowest BCUT2D eigenvalue weighted by atomic mass is 9.72. The highest BCUT2D eigenvalue weighted by atomic mass is 32.1. The van der Waals surface area contributed by atoms with Crippen molar-refractivity contribution in [1.29, 1.82) is 5.26 Å². The van der Waals surface area contributed by atoms with Crippen LogP contribution in [0.4, 0.5) is 10.7 Å². The van der Waals surface area contributed by atoms with Crippen molar-refractivity contribution < 1.29 is 14.5 Å². The average molecular weight is 428 g/mol. The molecule has 1 unspecified atom stereocenters. The maximum Gasteiger partial charge on any atom is 0.311 e.